The number of rotatable bonds is 6. The van der Waals surface area contributed by atoms with Gasteiger partial charge in [0.05, 0.1) is 19.3 Å². The van der Waals surface area contributed by atoms with Crippen LogP contribution in [-0.2, 0) is 16.1 Å². The van der Waals surface area contributed by atoms with Gasteiger partial charge in [0.1, 0.15) is 6.04 Å². The molecule has 1 atom stereocenters. The first-order valence-corrected chi connectivity index (χ1v) is 5.48. The quantitative estimate of drug-likeness (QED) is 0.725. The molecule has 0 amide bonds. The van der Waals surface area contributed by atoms with Gasteiger partial charge in [0, 0.05) is 6.20 Å². The normalized spacial score (nSPS) is 12.4. The molecule has 5 heteroatoms. The molecule has 1 aromatic heterocycles. The second-order valence-electron chi connectivity index (χ2n) is 3.71. The maximum absolute atomic E-state index is 11.5. The zero-order valence-corrected chi connectivity index (χ0v) is 10.1. The molecule has 90 valence electrons. The number of carbonyl (C=O) groups is 1. The van der Waals surface area contributed by atoms with Crippen molar-refractivity contribution < 1.29 is 9.53 Å². The first-order valence-electron chi connectivity index (χ1n) is 5.48. The van der Waals surface area contributed by atoms with Crippen LogP contribution in [0.2, 0.25) is 0 Å². The van der Waals surface area contributed by atoms with E-state index in [1.807, 2.05) is 19.2 Å². The SMILES string of the molecule is CCCNC(Cn1ccc(C)n1)C(=O)OC. The number of nitrogens with one attached hydrogen (secondary N) is 1. The average Bonchev–Trinajstić information content (AvgIpc) is 2.69. The van der Waals surface area contributed by atoms with Gasteiger partial charge in [-0.25, -0.2) is 0 Å². The zero-order valence-electron chi connectivity index (χ0n) is 10.1. The maximum atomic E-state index is 11.5. The Kier molecular flexibility index (Phi) is 4.98. The summed E-state index contributed by atoms with van der Waals surface area (Å²) >= 11 is 0. The smallest absolute Gasteiger partial charge is 0.324 e. The van der Waals surface area contributed by atoms with E-state index >= 15 is 0 Å². The molecule has 0 aromatic carbocycles. The van der Waals surface area contributed by atoms with E-state index in [4.69, 9.17) is 4.74 Å². The molecule has 1 unspecified atom stereocenters. The predicted molar refractivity (Wildman–Crippen MR) is 61.1 cm³/mol. The van der Waals surface area contributed by atoms with Crippen molar-refractivity contribution in [2.24, 2.45) is 0 Å². The number of ether oxygens (including phenoxy) is 1. The number of carbonyl (C=O) groups excluding carboxylic acids is 1. The summed E-state index contributed by atoms with van der Waals surface area (Å²) in [6.07, 6.45) is 2.84. The minimum absolute atomic E-state index is 0.249. The number of aromatic nitrogens is 2. The van der Waals surface area contributed by atoms with Crippen molar-refractivity contribution in [3.05, 3.63) is 18.0 Å². The Labute approximate surface area is 95.8 Å². The van der Waals surface area contributed by atoms with Crippen LogP contribution in [0.5, 0.6) is 0 Å². The Morgan fingerprint density at radius 3 is 2.94 bits per heavy atom. The molecule has 0 aliphatic heterocycles. The monoisotopic (exact) mass is 225 g/mol. The highest BCUT2D eigenvalue weighted by molar-refractivity contribution is 5.75. The molecule has 1 N–H and O–H groups in total. The molecule has 0 aliphatic carbocycles. The van der Waals surface area contributed by atoms with Gasteiger partial charge in [0.2, 0.25) is 0 Å². The van der Waals surface area contributed by atoms with Crippen LogP contribution < -0.4 is 5.32 Å². The van der Waals surface area contributed by atoms with E-state index in [1.165, 1.54) is 7.11 Å². The molecule has 0 saturated carbocycles. The van der Waals surface area contributed by atoms with Gasteiger partial charge < -0.3 is 10.1 Å². The molecule has 0 saturated heterocycles. The lowest BCUT2D eigenvalue weighted by atomic mass is 10.3. The average molecular weight is 225 g/mol. The summed E-state index contributed by atoms with van der Waals surface area (Å²) in [5, 5.41) is 7.39. The van der Waals surface area contributed by atoms with Crippen LogP contribution in [0, 0.1) is 6.92 Å². The lowest BCUT2D eigenvalue weighted by Gasteiger charge is -2.15. The molecule has 0 aliphatic rings. The van der Waals surface area contributed by atoms with Crippen LogP contribution in [0.25, 0.3) is 0 Å². The highest BCUT2D eigenvalue weighted by atomic mass is 16.5. The summed E-state index contributed by atoms with van der Waals surface area (Å²) < 4.78 is 6.50. The summed E-state index contributed by atoms with van der Waals surface area (Å²) in [5.41, 5.74) is 0.944. The lowest BCUT2D eigenvalue weighted by molar-refractivity contribution is -0.143. The fraction of sp³-hybridized carbons (Fsp3) is 0.636. The van der Waals surface area contributed by atoms with Crippen LogP contribution in [0.1, 0.15) is 19.0 Å². The maximum Gasteiger partial charge on any atom is 0.324 e. The first-order chi connectivity index (χ1) is 7.67. The fourth-order valence-electron chi connectivity index (χ4n) is 1.44. The Morgan fingerprint density at radius 1 is 1.69 bits per heavy atom. The fourth-order valence-corrected chi connectivity index (χ4v) is 1.44. The molecular weight excluding hydrogens is 206 g/mol. The molecule has 5 nitrogen and oxygen atoms in total. The number of nitrogens with zero attached hydrogens (tertiary/aromatic N) is 2. The number of methoxy groups -OCH3 is 1. The first kappa shape index (κ1) is 12.7. The Balaban J connectivity index is 2.59. The van der Waals surface area contributed by atoms with Gasteiger partial charge in [-0.2, -0.15) is 5.10 Å². The molecule has 0 bridgehead atoms. The molecule has 16 heavy (non-hydrogen) atoms. The summed E-state index contributed by atoms with van der Waals surface area (Å²) in [5.74, 6) is -0.249. The van der Waals surface area contributed by atoms with Gasteiger partial charge in [0.15, 0.2) is 0 Å². The van der Waals surface area contributed by atoms with Gasteiger partial charge in [-0.15, -0.1) is 0 Å². The van der Waals surface area contributed by atoms with Crippen molar-refractivity contribution in [2.75, 3.05) is 13.7 Å². The summed E-state index contributed by atoms with van der Waals surface area (Å²) in [6.45, 7) is 5.27. The van der Waals surface area contributed by atoms with Gasteiger partial charge in [-0.1, -0.05) is 6.92 Å². The van der Waals surface area contributed by atoms with Crippen LogP contribution >= 0.6 is 0 Å². The van der Waals surface area contributed by atoms with Gasteiger partial charge in [-0.3, -0.25) is 9.48 Å². The summed E-state index contributed by atoms with van der Waals surface area (Å²) in [6, 6.07) is 1.58. The molecule has 0 fully saturated rings. The van der Waals surface area contributed by atoms with Gasteiger partial charge in [0.25, 0.3) is 0 Å². The largest absolute Gasteiger partial charge is 0.468 e. The summed E-state index contributed by atoms with van der Waals surface area (Å²) in [7, 11) is 1.40. The third-order valence-electron chi connectivity index (χ3n) is 2.27. The highest BCUT2D eigenvalue weighted by Crippen LogP contribution is 1.97. The summed E-state index contributed by atoms with van der Waals surface area (Å²) in [4.78, 5) is 11.5. The minimum atomic E-state index is -0.329. The number of aryl methyl sites for hydroxylation is 1. The van der Waals surface area contributed by atoms with Crippen molar-refractivity contribution in [3.63, 3.8) is 0 Å². The van der Waals surface area contributed by atoms with Crippen molar-refractivity contribution in [1.82, 2.24) is 15.1 Å². The number of esters is 1. The van der Waals surface area contributed by atoms with E-state index in [0.29, 0.717) is 6.54 Å². The van der Waals surface area contributed by atoms with Crippen molar-refractivity contribution in [1.29, 1.82) is 0 Å². The number of hydrogen-bond acceptors (Lipinski definition) is 4. The third kappa shape index (κ3) is 3.66. The molecule has 0 spiro atoms. The van der Waals surface area contributed by atoms with Crippen LogP contribution in [-0.4, -0.2) is 35.4 Å². The molecule has 1 rings (SSSR count). The van der Waals surface area contributed by atoms with E-state index in [1.54, 1.807) is 4.68 Å². The van der Waals surface area contributed by atoms with E-state index in [-0.39, 0.29) is 12.0 Å². The van der Waals surface area contributed by atoms with E-state index in [9.17, 15) is 4.79 Å². The third-order valence-corrected chi connectivity index (χ3v) is 2.27. The van der Waals surface area contributed by atoms with E-state index in [2.05, 4.69) is 17.3 Å². The number of hydrogen-bond donors (Lipinski definition) is 1. The second kappa shape index (κ2) is 6.27. The molecule has 1 heterocycles. The zero-order chi connectivity index (χ0) is 12.0. The highest BCUT2D eigenvalue weighted by Gasteiger charge is 2.18. The van der Waals surface area contributed by atoms with Crippen molar-refractivity contribution >= 4 is 5.97 Å². The van der Waals surface area contributed by atoms with E-state index < -0.39 is 0 Å². The van der Waals surface area contributed by atoms with E-state index in [0.717, 1.165) is 18.7 Å². The molecular formula is C11H19N3O2. The Morgan fingerprint density at radius 2 is 2.44 bits per heavy atom. The van der Waals surface area contributed by atoms with Gasteiger partial charge in [-0.05, 0) is 26.0 Å². The van der Waals surface area contributed by atoms with Gasteiger partial charge >= 0.3 is 5.97 Å². The Hall–Kier alpha value is -1.36. The second-order valence-corrected chi connectivity index (χ2v) is 3.71. The van der Waals surface area contributed by atoms with Crippen LogP contribution in [0.15, 0.2) is 12.3 Å². The van der Waals surface area contributed by atoms with Crippen molar-refractivity contribution in [2.45, 2.75) is 32.9 Å². The predicted octanol–water partition coefficient (Wildman–Crippen LogP) is 0.733. The van der Waals surface area contributed by atoms with Crippen LogP contribution in [0.4, 0.5) is 0 Å². The standard InChI is InChI=1S/C11H19N3O2/c1-4-6-12-10(11(15)16-3)8-14-7-5-9(2)13-14/h5,7,10,12H,4,6,8H2,1-3H3. The molecule has 1 aromatic rings. The topological polar surface area (TPSA) is 56.2 Å². The van der Waals surface area contributed by atoms with Crippen LogP contribution in [0.3, 0.4) is 0 Å². The molecule has 0 radical (unpaired) electrons. The lowest BCUT2D eigenvalue weighted by Crippen LogP contribution is -2.41. The Bertz CT molecular complexity index is 336. The van der Waals surface area contributed by atoms with Crippen molar-refractivity contribution in [3.8, 4) is 0 Å². The minimum Gasteiger partial charge on any atom is -0.468 e.